The average molecular weight is 413 g/mol. The molecule has 3 aromatic carbocycles. The number of aryl methyl sites for hydroxylation is 2. The largest absolute Gasteiger partial charge is 0.439 e. The molecule has 0 saturated carbocycles. The van der Waals surface area contributed by atoms with E-state index in [0.717, 1.165) is 11.3 Å². The number of ether oxygens (including phenoxy) is 1. The molecule has 0 unspecified atom stereocenters. The van der Waals surface area contributed by atoms with Crippen molar-refractivity contribution < 1.29 is 13.9 Å². The number of carbonyl (C=O) groups is 1. The summed E-state index contributed by atoms with van der Waals surface area (Å²) in [4.78, 5) is 21.0. The van der Waals surface area contributed by atoms with Gasteiger partial charge in [0.25, 0.3) is 5.91 Å². The molecule has 4 rings (SSSR count). The maximum atomic E-state index is 13.5. The molecule has 0 spiro atoms. The first-order valence-corrected chi connectivity index (χ1v) is 9.73. The van der Waals surface area contributed by atoms with E-state index in [1.54, 1.807) is 48.7 Å². The Morgan fingerprint density at radius 3 is 2.48 bits per heavy atom. The number of anilines is 1. The van der Waals surface area contributed by atoms with Crippen LogP contribution in [0.3, 0.4) is 0 Å². The standard InChI is InChI=1S/C25H20FN3O2/c1-16-6-9-21(14-17(16)2)28-25(30)18-7-10-22(11-8-18)31-23-12-13-27-24(29-23)19-4-3-5-20(26)15-19/h3-15H,1-2H3,(H,28,30). The molecule has 0 fully saturated rings. The van der Waals surface area contributed by atoms with E-state index in [1.807, 2.05) is 32.0 Å². The third-order valence-electron chi connectivity index (χ3n) is 4.82. The minimum absolute atomic E-state index is 0.203. The summed E-state index contributed by atoms with van der Waals surface area (Å²) >= 11 is 0. The van der Waals surface area contributed by atoms with Crippen LogP contribution in [0.1, 0.15) is 21.5 Å². The van der Waals surface area contributed by atoms with E-state index < -0.39 is 0 Å². The summed E-state index contributed by atoms with van der Waals surface area (Å²) in [5.74, 6) is 0.641. The van der Waals surface area contributed by atoms with E-state index in [9.17, 15) is 9.18 Å². The van der Waals surface area contributed by atoms with Crippen LogP contribution in [0.5, 0.6) is 11.6 Å². The Balaban J connectivity index is 1.45. The van der Waals surface area contributed by atoms with Gasteiger partial charge in [-0.25, -0.2) is 9.37 Å². The second-order valence-electron chi connectivity index (χ2n) is 7.11. The van der Waals surface area contributed by atoms with E-state index in [1.165, 1.54) is 17.7 Å². The maximum Gasteiger partial charge on any atom is 0.255 e. The van der Waals surface area contributed by atoms with Crippen molar-refractivity contribution in [1.29, 1.82) is 0 Å². The number of benzene rings is 3. The summed E-state index contributed by atoms with van der Waals surface area (Å²) in [6.45, 7) is 4.03. The predicted molar refractivity (Wildman–Crippen MR) is 118 cm³/mol. The first kappa shape index (κ1) is 20.2. The molecule has 0 saturated heterocycles. The van der Waals surface area contributed by atoms with Crippen molar-refractivity contribution in [1.82, 2.24) is 9.97 Å². The van der Waals surface area contributed by atoms with Crippen LogP contribution < -0.4 is 10.1 Å². The molecule has 0 atom stereocenters. The van der Waals surface area contributed by atoms with Gasteiger partial charge in [0.05, 0.1) is 0 Å². The summed E-state index contributed by atoms with van der Waals surface area (Å²) in [6.07, 6.45) is 1.55. The van der Waals surface area contributed by atoms with Gasteiger partial charge in [-0.2, -0.15) is 4.98 Å². The van der Waals surface area contributed by atoms with Crippen LogP contribution in [0, 0.1) is 19.7 Å². The molecule has 1 heterocycles. The van der Waals surface area contributed by atoms with Gasteiger partial charge in [-0.15, -0.1) is 0 Å². The lowest BCUT2D eigenvalue weighted by molar-refractivity contribution is 0.102. The molecular weight excluding hydrogens is 393 g/mol. The van der Waals surface area contributed by atoms with E-state index in [4.69, 9.17) is 4.74 Å². The van der Waals surface area contributed by atoms with E-state index in [0.29, 0.717) is 28.6 Å². The third-order valence-corrected chi connectivity index (χ3v) is 4.82. The Morgan fingerprint density at radius 2 is 1.74 bits per heavy atom. The number of hydrogen-bond donors (Lipinski definition) is 1. The monoisotopic (exact) mass is 413 g/mol. The summed E-state index contributed by atoms with van der Waals surface area (Å²) < 4.78 is 19.2. The smallest absolute Gasteiger partial charge is 0.255 e. The minimum Gasteiger partial charge on any atom is -0.439 e. The quantitative estimate of drug-likeness (QED) is 0.439. The Morgan fingerprint density at radius 1 is 0.935 bits per heavy atom. The van der Waals surface area contributed by atoms with Crippen molar-refractivity contribution in [3.63, 3.8) is 0 Å². The lowest BCUT2D eigenvalue weighted by Crippen LogP contribution is -2.11. The van der Waals surface area contributed by atoms with Gasteiger partial charge < -0.3 is 10.1 Å². The van der Waals surface area contributed by atoms with Crippen molar-refractivity contribution in [2.45, 2.75) is 13.8 Å². The Kier molecular flexibility index (Phi) is 5.71. The zero-order chi connectivity index (χ0) is 21.8. The highest BCUT2D eigenvalue weighted by molar-refractivity contribution is 6.04. The molecule has 1 aromatic heterocycles. The van der Waals surface area contributed by atoms with Crippen LogP contribution >= 0.6 is 0 Å². The molecule has 1 amide bonds. The predicted octanol–water partition coefficient (Wildman–Crippen LogP) is 5.94. The molecule has 6 heteroatoms. The summed E-state index contributed by atoms with van der Waals surface area (Å²) in [5, 5.41) is 2.89. The van der Waals surface area contributed by atoms with Crippen LogP contribution in [-0.4, -0.2) is 15.9 Å². The van der Waals surface area contributed by atoms with Gasteiger partial charge in [0.15, 0.2) is 5.82 Å². The molecule has 4 aromatic rings. The number of amides is 1. The highest BCUT2D eigenvalue weighted by Crippen LogP contribution is 2.23. The second-order valence-corrected chi connectivity index (χ2v) is 7.11. The Hall–Kier alpha value is -4.06. The van der Waals surface area contributed by atoms with Gasteiger partial charge >= 0.3 is 0 Å². The van der Waals surface area contributed by atoms with Crippen molar-refractivity contribution in [2.24, 2.45) is 0 Å². The highest BCUT2D eigenvalue weighted by atomic mass is 19.1. The SMILES string of the molecule is Cc1ccc(NC(=O)c2ccc(Oc3ccnc(-c4cccc(F)c4)n3)cc2)cc1C. The summed E-state index contributed by atoms with van der Waals surface area (Å²) in [6, 6.07) is 20.2. The highest BCUT2D eigenvalue weighted by Gasteiger charge is 2.09. The van der Waals surface area contributed by atoms with E-state index >= 15 is 0 Å². The number of carbonyl (C=O) groups excluding carboxylic acids is 1. The van der Waals surface area contributed by atoms with Gasteiger partial charge in [0.2, 0.25) is 5.88 Å². The summed E-state index contributed by atoms with van der Waals surface area (Å²) in [7, 11) is 0. The van der Waals surface area contributed by atoms with Crippen LogP contribution in [-0.2, 0) is 0 Å². The first-order chi connectivity index (χ1) is 15.0. The van der Waals surface area contributed by atoms with Gasteiger partial charge in [0.1, 0.15) is 11.6 Å². The minimum atomic E-state index is -0.359. The number of hydrogen-bond acceptors (Lipinski definition) is 4. The van der Waals surface area contributed by atoms with Gasteiger partial charge in [-0.1, -0.05) is 18.2 Å². The number of nitrogens with one attached hydrogen (secondary N) is 1. The lowest BCUT2D eigenvalue weighted by atomic mass is 10.1. The molecule has 5 nitrogen and oxygen atoms in total. The molecule has 0 aliphatic heterocycles. The molecule has 154 valence electrons. The van der Waals surface area contributed by atoms with Crippen molar-refractivity contribution >= 4 is 11.6 Å². The molecular formula is C25H20FN3O2. The molecule has 0 aliphatic rings. The van der Waals surface area contributed by atoms with Gasteiger partial charge in [0, 0.05) is 29.1 Å². The van der Waals surface area contributed by atoms with Crippen molar-refractivity contribution in [3.05, 3.63) is 102 Å². The lowest BCUT2D eigenvalue weighted by Gasteiger charge is -2.09. The molecule has 31 heavy (non-hydrogen) atoms. The van der Waals surface area contributed by atoms with Gasteiger partial charge in [-0.05, 0) is 73.5 Å². The molecule has 1 N–H and O–H groups in total. The molecule has 0 radical (unpaired) electrons. The fourth-order valence-electron chi connectivity index (χ4n) is 2.98. The van der Waals surface area contributed by atoms with Crippen LogP contribution in [0.25, 0.3) is 11.4 Å². The topological polar surface area (TPSA) is 64.1 Å². The fourth-order valence-corrected chi connectivity index (χ4v) is 2.98. The fraction of sp³-hybridized carbons (Fsp3) is 0.0800. The first-order valence-electron chi connectivity index (χ1n) is 9.73. The van der Waals surface area contributed by atoms with E-state index in [-0.39, 0.29) is 11.7 Å². The zero-order valence-corrected chi connectivity index (χ0v) is 17.1. The normalized spacial score (nSPS) is 10.5. The van der Waals surface area contributed by atoms with E-state index in [2.05, 4.69) is 15.3 Å². The molecule has 0 bridgehead atoms. The number of halogens is 1. The van der Waals surface area contributed by atoms with Crippen molar-refractivity contribution in [3.8, 4) is 23.0 Å². The maximum absolute atomic E-state index is 13.5. The summed E-state index contributed by atoms with van der Waals surface area (Å²) in [5.41, 5.74) is 4.10. The average Bonchev–Trinajstić information content (AvgIpc) is 2.77. The number of aromatic nitrogens is 2. The Bertz CT molecular complexity index is 1240. The van der Waals surface area contributed by atoms with Crippen LogP contribution in [0.4, 0.5) is 10.1 Å². The van der Waals surface area contributed by atoms with Crippen LogP contribution in [0.2, 0.25) is 0 Å². The molecule has 0 aliphatic carbocycles. The number of nitrogens with zero attached hydrogens (tertiary/aromatic N) is 2. The van der Waals surface area contributed by atoms with Crippen LogP contribution in [0.15, 0.2) is 79.0 Å². The number of rotatable bonds is 5. The second kappa shape index (κ2) is 8.75. The zero-order valence-electron chi connectivity index (χ0n) is 17.1. The van der Waals surface area contributed by atoms with Gasteiger partial charge in [-0.3, -0.25) is 4.79 Å². The Labute approximate surface area is 179 Å². The van der Waals surface area contributed by atoms with Crippen molar-refractivity contribution in [2.75, 3.05) is 5.32 Å². The third kappa shape index (κ3) is 4.93.